The normalized spacial score (nSPS) is 20.3. The Kier molecular flexibility index (Phi) is 5.05. The van der Waals surface area contributed by atoms with Crippen molar-refractivity contribution in [3.63, 3.8) is 0 Å². The quantitative estimate of drug-likeness (QED) is 0.474. The van der Waals surface area contributed by atoms with E-state index in [0.717, 1.165) is 4.90 Å². The number of hydrogen-bond acceptors (Lipinski definition) is 7. The molecule has 3 N–H and O–H groups in total. The maximum Gasteiger partial charge on any atom is 0.473 e. The molecule has 1 saturated heterocycles. The van der Waals surface area contributed by atoms with Crippen LogP contribution in [0.1, 0.15) is 11.5 Å². The van der Waals surface area contributed by atoms with Gasteiger partial charge in [-0.2, -0.15) is 13.2 Å². The largest absolute Gasteiger partial charge is 0.473 e. The van der Waals surface area contributed by atoms with Crippen LogP contribution in [0.5, 0.6) is 0 Å². The predicted octanol–water partition coefficient (Wildman–Crippen LogP) is -0.583. The molecule has 13 heteroatoms. The van der Waals surface area contributed by atoms with Crippen LogP contribution < -0.4 is 0 Å². The second-order valence-corrected chi connectivity index (χ2v) is 5.00. The van der Waals surface area contributed by atoms with Gasteiger partial charge < -0.3 is 30.0 Å². The number of aromatic amines is 1. The number of morpholine rings is 1. The van der Waals surface area contributed by atoms with Gasteiger partial charge in [0.25, 0.3) is 5.91 Å². The number of H-pyrrole nitrogens is 1. The smallest absolute Gasteiger partial charge is 0.391 e. The molecule has 0 bridgehead atoms. The fraction of sp³-hybridized carbons (Fsp3) is 0.636. The van der Waals surface area contributed by atoms with Crippen LogP contribution in [0.2, 0.25) is 0 Å². The van der Waals surface area contributed by atoms with Gasteiger partial charge in [0, 0.05) is 19.5 Å². The zero-order chi connectivity index (χ0) is 18.1. The van der Waals surface area contributed by atoms with Crippen molar-refractivity contribution in [3.05, 3.63) is 21.6 Å². The molecule has 0 radical (unpaired) electrons. The second kappa shape index (κ2) is 6.70. The number of aromatic nitrogens is 2. The van der Waals surface area contributed by atoms with E-state index in [2.05, 4.69) is 9.72 Å². The molecule has 24 heavy (non-hydrogen) atoms. The van der Waals surface area contributed by atoms with Gasteiger partial charge in [0.05, 0.1) is 12.7 Å². The summed E-state index contributed by atoms with van der Waals surface area (Å²) >= 11 is 0. The number of nitrogens with zero attached hydrogens (tertiary/aromatic N) is 3. The number of hydrogen-bond donors (Lipinski definition) is 3. The van der Waals surface area contributed by atoms with Gasteiger partial charge in [-0.1, -0.05) is 0 Å². The van der Waals surface area contributed by atoms with Crippen LogP contribution >= 0.6 is 0 Å². The van der Waals surface area contributed by atoms with Crippen molar-refractivity contribution in [2.24, 2.45) is 0 Å². The zero-order valence-electron chi connectivity index (χ0n) is 12.0. The number of amides is 1. The third-order valence-electron chi connectivity index (χ3n) is 3.23. The molecule has 1 aromatic heterocycles. The molecular weight excluding hydrogens is 341 g/mol. The fourth-order valence-electron chi connectivity index (χ4n) is 2.16. The Morgan fingerprint density at radius 2 is 2.21 bits per heavy atom. The van der Waals surface area contributed by atoms with E-state index in [1.54, 1.807) is 4.98 Å². The monoisotopic (exact) mass is 354 g/mol. The number of aliphatic hydroxyl groups excluding tert-OH is 2. The van der Waals surface area contributed by atoms with Gasteiger partial charge >= 0.3 is 17.8 Å². The van der Waals surface area contributed by atoms with Gasteiger partial charge in [0.15, 0.2) is 0 Å². The third kappa shape index (κ3) is 3.98. The number of β-amino-alcohol motifs (C(OH)–C–C–N with tert-alkyl or cyclic N) is 1. The average Bonchev–Trinajstić information content (AvgIpc) is 2.88. The highest BCUT2D eigenvalue weighted by Crippen LogP contribution is 2.30. The molecule has 1 amide bonds. The summed E-state index contributed by atoms with van der Waals surface area (Å²) in [5.74, 6) is -3.34. The number of rotatable bonds is 5. The molecule has 0 aliphatic carbocycles. The first-order valence-corrected chi connectivity index (χ1v) is 6.66. The number of aliphatic hydroxyl groups is 2. The summed E-state index contributed by atoms with van der Waals surface area (Å²) in [6.07, 6.45) is -8.58. The fourth-order valence-corrected chi connectivity index (χ4v) is 2.16. The topological polar surface area (TPSA) is 142 Å². The molecule has 2 atom stereocenters. The first kappa shape index (κ1) is 18.1. The van der Waals surface area contributed by atoms with E-state index in [0.29, 0.717) is 0 Å². The number of imidazole rings is 1. The minimum atomic E-state index is -4.90. The van der Waals surface area contributed by atoms with Crippen LogP contribution in [0, 0.1) is 10.1 Å². The number of alkyl halides is 3. The summed E-state index contributed by atoms with van der Waals surface area (Å²) in [6, 6.07) is 0. The van der Waals surface area contributed by atoms with Crippen molar-refractivity contribution in [2.45, 2.75) is 25.0 Å². The Bertz CT molecular complexity index is 634. The van der Waals surface area contributed by atoms with Crippen LogP contribution in [0.15, 0.2) is 0 Å². The first-order chi connectivity index (χ1) is 11.1. The molecule has 0 aromatic carbocycles. The minimum absolute atomic E-state index is 0.0143. The van der Waals surface area contributed by atoms with E-state index in [9.17, 15) is 38.3 Å². The maximum absolute atomic E-state index is 12.6. The Labute approximate surface area is 132 Å². The molecule has 2 rings (SSSR count). The molecule has 1 aliphatic heterocycles. The van der Waals surface area contributed by atoms with Crippen molar-refractivity contribution in [1.82, 2.24) is 14.9 Å². The summed E-state index contributed by atoms with van der Waals surface area (Å²) in [7, 11) is 0. The van der Waals surface area contributed by atoms with E-state index in [1.165, 1.54) is 0 Å². The summed E-state index contributed by atoms with van der Waals surface area (Å²) in [5.41, 5.74) is -0.582. The van der Waals surface area contributed by atoms with E-state index >= 15 is 0 Å². The van der Waals surface area contributed by atoms with Crippen LogP contribution in [-0.4, -0.2) is 68.0 Å². The van der Waals surface area contributed by atoms with Crippen molar-refractivity contribution < 1.29 is 37.8 Å². The van der Waals surface area contributed by atoms with Crippen LogP contribution in [0.4, 0.5) is 19.0 Å². The number of nitro groups is 1. The van der Waals surface area contributed by atoms with Gasteiger partial charge in [-0.05, 0) is 4.92 Å². The van der Waals surface area contributed by atoms with E-state index in [-0.39, 0.29) is 19.7 Å². The molecule has 0 spiro atoms. The van der Waals surface area contributed by atoms with Crippen LogP contribution in [-0.2, 0) is 22.1 Å². The Morgan fingerprint density at radius 3 is 2.79 bits per heavy atom. The maximum atomic E-state index is 12.6. The Balaban J connectivity index is 2.10. The van der Waals surface area contributed by atoms with Gasteiger partial charge in [-0.25, -0.2) is 9.97 Å². The Morgan fingerprint density at radius 1 is 1.54 bits per heavy atom. The van der Waals surface area contributed by atoms with Gasteiger partial charge in [-0.3, -0.25) is 4.79 Å². The molecule has 1 fully saturated rings. The van der Waals surface area contributed by atoms with E-state index in [4.69, 9.17) is 0 Å². The lowest BCUT2D eigenvalue weighted by atomic mass is 10.2. The summed E-state index contributed by atoms with van der Waals surface area (Å²) < 4.78 is 42.4. The first-order valence-electron chi connectivity index (χ1n) is 6.66. The predicted molar refractivity (Wildman–Crippen MR) is 68.5 cm³/mol. The van der Waals surface area contributed by atoms with Crippen molar-refractivity contribution in [1.29, 1.82) is 0 Å². The second-order valence-electron chi connectivity index (χ2n) is 5.00. The number of ether oxygens (including phenoxy) is 1. The van der Waals surface area contributed by atoms with E-state index < -0.39 is 53.2 Å². The van der Waals surface area contributed by atoms with Crippen molar-refractivity contribution in [3.8, 4) is 0 Å². The third-order valence-corrected chi connectivity index (χ3v) is 3.23. The average molecular weight is 354 g/mol. The number of nitrogens with one attached hydrogen (secondary N) is 1. The highest BCUT2D eigenvalue weighted by atomic mass is 19.4. The molecule has 134 valence electrons. The van der Waals surface area contributed by atoms with Crippen molar-refractivity contribution in [2.75, 3.05) is 19.7 Å². The summed E-state index contributed by atoms with van der Waals surface area (Å²) in [4.78, 5) is 27.0. The number of carbonyl (C=O) groups is 1. The minimum Gasteiger partial charge on any atom is -0.391 e. The van der Waals surface area contributed by atoms with Gasteiger partial charge in [0.2, 0.25) is 6.29 Å². The van der Waals surface area contributed by atoms with Gasteiger partial charge in [-0.15, -0.1) is 0 Å². The summed E-state index contributed by atoms with van der Waals surface area (Å²) in [6.45, 7) is -0.269. The Hall–Kier alpha value is -2.25. The molecule has 1 aromatic rings. The van der Waals surface area contributed by atoms with E-state index in [1.807, 2.05) is 0 Å². The highest BCUT2D eigenvalue weighted by Gasteiger charge is 2.41. The molecule has 1 aliphatic rings. The van der Waals surface area contributed by atoms with Crippen molar-refractivity contribution >= 4 is 11.7 Å². The van der Waals surface area contributed by atoms with Gasteiger partial charge in [0.1, 0.15) is 5.69 Å². The lowest BCUT2D eigenvalue weighted by Gasteiger charge is -2.31. The standard InChI is InChI=1S/C11H13F3N4O6/c12-11(13,14)10-15-6(7(16-10)18(22)23)3-5(19)4-17-1-2-24-9(21)8(17)20/h5,9,19,21H,1-4H2,(H,15,16)/t5-,9?/m1/s1. The number of carbonyl (C=O) groups excluding carboxylic acids is 1. The summed E-state index contributed by atoms with van der Waals surface area (Å²) in [5, 5.41) is 29.9. The molecule has 0 saturated carbocycles. The number of halogens is 3. The van der Waals surface area contributed by atoms with Crippen LogP contribution in [0.3, 0.4) is 0 Å². The SMILES string of the molecule is O=C1C(O)OCCN1C[C@H](O)Cc1nc(C(F)(F)F)[nH]c1[N+](=O)[O-]. The lowest BCUT2D eigenvalue weighted by Crippen LogP contribution is -2.50. The highest BCUT2D eigenvalue weighted by molar-refractivity contribution is 5.79. The molecule has 1 unspecified atom stereocenters. The van der Waals surface area contributed by atoms with Crippen LogP contribution in [0.25, 0.3) is 0 Å². The lowest BCUT2D eigenvalue weighted by molar-refractivity contribution is -0.390. The molecule has 10 nitrogen and oxygen atoms in total. The molecule has 2 heterocycles. The zero-order valence-corrected chi connectivity index (χ0v) is 12.0. The molecular formula is C11H13F3N4O6.